The van der Waals surface area contributed by atoms with E-state index in [1.807, 2.05) is 36.4 Å². The van der Waals surface area contributed by atoms with Gasteiger partial charge in [-0.25, -0.2) is 0 Å². The van der Waals surface area contributed by atoms with Crippen molar-refractivity contribution in [3.8, 4) is 11.5 Å². The summed E-state index contributed by atoms with van der Waals surface area (Å²) in [5.41, 5.74) is 1.85. The molecule has 1 fully saturated rings. The predicted molar refractivity (Wildman–Crippen MR) is 121 cm³/mol. The van der Waals surface area contributed by atoms with Gasteiger partial charge in [0.25, 0.3) is 11.8 Å². The van der Waals surface area contributed by atoms with Crippen molar-refractivity contribution in [2.24, 2.45) is 0 Å². The van der Waals surface area contributed by atoms with E-state index in [2.05, 4.69) is 20.8 Å². The first-order valence-electron chi connectivity index (χ1n) is 10.7. The van der Waals surface area contributed by atoms with Crippen LogP contribution >= 0.6 is 0 Å². The first kappa shape index (κ1) is 22.7. The fourth-order valence-electron chi connectivity index (χ4n) is 3.65. The molecule has 2 aromatic carbocycles. The molecule has 0 unspecified atom stereocenters. The fourth-order valence-corrected chi connectivity index (χ4v) is 3.65. The first-order chi connectivity index (χ1) is 14.8. The minimum absolute atomic E-state index is 0.00464. The third-order valence-electron chi connectivity index (χ3n) is 5.56. The van der Waals surface area contributed by atoms with E-state index in [1.54, 1.807) is 29.0 Å². The van der Waals surface area contributed by atoms with Crippen LogP contribution in [0, 0.1) is 0 Å². The highest BCUT2D eigenvalue weighted by Crippen LogP contribution is 2.24. The quantitative estimate of drug-likeness (QED) is 0.734. The molecular weight excluding hydrogens is 392 g/mol. The molecule has 1 saturated heterocycles. The molecular formula is C25H32N2O4. The lowest BCUT2D eigenvalue weighted by Crippen LogP contribution is -2.39. The minimum Gasteiger partial charge on any atom is -0.496 e. The van der Waals surface area contributed by atoms with E-state index in [-0.39, 0.29) is 23.8 Å². The maximum atomic E-state index is 12.9. The second-order valence-corrected chi connectivity index (χ2v) is 8.79. The van der Waals surface area contributed by atoms with Crippen molar-refractivity contribution in [3.63, 3.8) is 0 Å². The van der Waals surface area contributed by atoms with Gasteiger partial charge in [0.1, 0.15) is 11.5 Å². The molecule has 1 heterocycles. The highest BCUT2D eigenvalue weighted by molar-refractivity contribution is 5.97. The smallest absolute Gasteiger partial charge is 0.260 e. The molecule has 2 amide bonds. The largest absolute Gasteiger partial charge is 0.496 e. The zero-order chi connectivity index (χ0) is 22.4. The molecule has 1 aliphatic rings. The number of rotatable bonds is 5. The van der Waals surface area contributed by atoms with Crippen LogP contribution in [0.25, 0.3) is 0 Å². The van der Waals surface area contributed by atoms with Crippen molar-refractivity contribution in [3.05, 3.63) is 59.7 Å². The van der Waals surface area contributed by atoms with Crippen molar-refractivity contribution in [1.82, 2.24) is 9.80 Å². The Hall–Kier alpha value is -3.02. The maximum absolute atomic E-state index is 12.9. The van der Waals surface area contributed by atoms with Crippen LogP contribution in [0.2, 0.25) is 0 Å². The summed E-state index contributed by atoms with van der Waals surface area (Å²) in [5, 5.41) is 0. The minimum atomic E-state index is -0.0677. The summed E-state index contributed by atoms with van der Waals surface area (Å²) < 4.78 is 11.0. The molecule has 0 radical (unpaired) electrons. The highest BCUT2D eigenvalue weighted by Gasteiger charge is 2.24. The van der Waals surface area contributed by atoms with Crippen LogP contribution in [0.3, 0.4) is 0 Å². The summed E-state index contributed by atoms with van der Waals surface area (Å²) in [6, 6.07) is 15.1. The number of hydrogen-bond donors (Lipinski definition) is 0. The van der Waals surface area contributed by atoms with Gasteiger partial charge in [0.15, 0.2) is 6.61 Å². The summed E-state index contributed by atoms with van der Waals surface area (Å²) in [7, 11) is 1.56. The molecule has 0 aliphatic carbocycles. The average Bonchev–Trinajstić information content (AvgIpc) is 3.03. The molecule has 0 bridgehead atoms. The van der Waals surface area contributed by atoms with Gasteiger partial charge in [-0.05, 0) is 41.7 Å². The molecule has 6 heteroatoms. The zero-order valence-electron chi connectivity index (χ0n) is 18.9. The SMILES string of the molecule is COc1ccccc1C(=O)N1CCCN(C(=O)COc2ccc(C(C)(C)C)cc2)CC1. The molecule has 0 N–H and O–H groups in total. The average molecular weight is 425 g/mol. The van der Waals surface area contributed by atoms with Crippen molar-refractivity contribution >= 4 is 11.8 Å². The van der Waals surface area contributed by atoms with E-state index in [4.69, 9.17) is 9.47 Å². The lowest BCUT2D eigenvalue weighted by molar-refractivity contribution is -0.133. The van der Waals surface area contributed by atoms with Crippen LogP contribution in [-0.2, 0) is 10.2 Å². The van der Waals surface area contributed by atoms with Crippen LogP contribution in [0.1, 0.15) is 43.1 Å². The Labute approximate surface area is 184 Å². The second kappa shape index (κ2) is 9.86. The van der Waals surface area contributed by atoms with Crippen molar-refractivity contribution < 1.29 is 19.1 Å². The molecule has 0 saturated carbocycles. The second-order valence-electron chi connectivity index (χ2n) is 8.79. The van der Waals surface area contributed by atoms with Gasteiger partial charge in [-0.1, -0.05) is 45.0 Å². The topological polar surface area (TPSA) is 59.1 Å². The molecule has 1 aliphatic heterocycles. The number of carbonyl (C=O) groups is 2. The van der Waals surface area contributed by atoms with Crippen LogP contribution < -0.4 is 9.47 Å². The Kier molecular flexibility index (Phi) is 7.21. The zero-order valence-corrected chi connectivity index (χ0v) is 18.9. The summed E-state index contributed by atoms with van der Waals surface area (Å²) in [6.45, 7) is 8.68. The third kappa shape index (κ3) is 5.78. The van der Waals surface area contributed by atoms with E-state index >= 15 is 0 Å². The molecule has 6 nitrogen and oxygen atoms in total. The molecule has 3 rings (SSSR count). The monoisotopic (exact) mass is 424 g/mol. The Morgan fingerprint density at radius 1 is 0.903 bits per heavy atom. The van der Waals surface area contributed by atoms with Gasteiger partial charge in [0.2, 0.25) is 0 Å². The van der Waals surface area contributed by atoms with Gasteiger partial charge < -0.3 is 19.3 Å². The molecule has 0 spiro atoms. The predicted octanol–water partition coefficient (Wildman–Crippen LogP) is 3.75. The van der Waals surface area contributed by atoms with Crippen molar-refractivity contribution in [2.75, 3.05) is 39.9 Å². The van der Waals surface area contributed by atoms with Gasteiger partial charge in [0, 0.05) is 26.2 Å². The lowest BCUT2D eigenvalue weighted by Gasteiger charge is -2.23. The van der Waals surface area contributed by atoms with Crippen molar-refractivity contribution in [1.29, 1.82) is 0 Å². The fraction of sp³-hybridized carbons (Fsp3) is 0.440. The van der Waals surface area contributed by atoms with Gasteiger partial charge >= 0.3 is 0 Å². The summed E-state index contributed by atoms with van der Waals surface area (Å²) in [6.07, 6.45) is 0.729. The summed E-state index contributed by atoms with van der Waals surface area (Å²) >= 11 is 0. The maximum Gasteiger partial charge on any atom is 0.260 e. The standard InChI is InChI=1S/C25H32N2O4/c1-25(2,3)19-10-12-20(13-11-19)31-18-23(28)26-14-7-15-27(17-16-26)24(29)21-8-5-6-9-22(21)30-4/h5-6,8-13H,7,14-18H2,1-4H3. The Morgan fingerprint density at radius 2 is 1.55 bits per heavy atom. The number of amides is 2. The highest BCUT2D eigenvalue weighted by atomic mass is 16.5. The number of ether oxygens (including phenoxy) is 2. The Morgan fingerprint density at radius 3 is 2.23 bits per heavy atom. The van der Waals surface area contributed by atoms with Crippen LogP contribution in [-0.4, -0.2) is 61.5 Å². The number of benzene rings is 2. The molecule has 166 valence electrons. The number of carbonyl (C=O) groups excluding carboxylic acids is 2. The van der Waals surface area contributed by atoms with E-state index in [9.17, 15) is 9.59 Å². The van der Waals surface area contributed by atoms with E-state index in [0.29, 0.717) is 43.2 Å². The first-order valence-corrected chi connectivity index (χ1v) is 10.7. The number of hydrogen-bond acceptors (Lipinski definition) is 4. The van der Waals surface area contributed by atoms with E-state index in [1.165, 1.54) is 5.56 Å². The number of para-hydroxylation sites is 1. The summed E-state index contributed by atoms with van der Waals surface area (Å²) in [5.74, 6) is 1.12. The van der Waals surface area contributed by atoms with Gasteiger partial charge in [-0.15, -0.1) is 0 Å². The molecule has 31 heavy (non-hydrogen) atoms. The Bertz CT molecular complexity index is 902. The number of methoxy groups -OCH3 is 1. The lowest BCUT2D eigenvalue weighted by atomic mass is 9.87. The van der Waals surface area contributed by atoms with E-state index < -0.39 is 0 Å². The van der Waals surface area contributed by atoms with E-state index in [0.717, 1.165) is 6.42 Å². The summed E-state index contributed by atoms with van der Waals surface area (Å²) in [4.78, 5) is 29.2. The molecule has 0 atom stereocenters. The Balaban J connectivity index is 1.54. The van der Waals surface area contributed by atoms with Crippen LogP contribution in [0.5, 0.6) is 11.5 Å². The van der Waals surface area contributed by atoms with Crippen LogP contribution in [0.15, 0.2) is 48.5 Å². The van der Waals surface area contributed by atoms with Gasteiger partial charge in [-0.3, -0.25) is 9.59 Å². The normalized spacial score (nSPS) is 14.7. The molecule has 0 aromatic heterocycles. The van der Waals surface area contributed by atoms with Crippen molar-refractivity contribution in [2.45, 2.75) is 32.6 Å². The molecule has 2 aromatic rings. The van der Waals surface area contributed by atoms with Crippen LogP contribution in [0.4, 0.5) is 0 Å². The van der Waals surface area contributed by atoms with Gasteiger partial charge in [-0.2, -0.15) is 0 Å². The third-order valence-corrected chi connectivity index (χ3v) is 5.56. The van der Waals surface area contributed by atoms with Gasteiger partial charge in [0.05, 0.1) is 12.7 Å². The number of nitrogens with zero attached hydrogens (tertiary/aromatic N) is 2.